The molecule has 2 atom stereocenters. The third-order valence-electron chi connectivity index (χ3n) is 4.99. The molecule has 1 aliphatic heterocycles. The molecule has 0 bridgehead atoms. The van der Waals surface area contributed by atoms with Crippen LogP contribution < -0.4 is 10.6 Å². The standard InChI is InChI=1S/C20H22N2O2/c1-12-7-6-9-15(14(12)3)20(24)22-13(2)11-17(19(21)23)16-8-4-5-10-18(16)22/h4-10,13,17H,11H2,1-3H3,(H2,21,23)/t13-,17+/m0/s1. The molecule has 1 heterocycles. The van der Waals surface area contributed by atoms with Crippen LogP contribution in [0, 0.1) is 13.8 Å². The molecule has 0 saturated carbocycles. The Morgan fingerprint density at radius 1 is 1.08 bits per heavy atom. The van der Waals surface area contributed by atoms with Gasteiger partial charge in [-0.3, -0.25) is 9.59 Å². The fourth-order valence-corrected chi connectivity index (χ4v) is 3.50. The van der Waals surface area contributed by atoms with Crippen LogP contribution in [0.2, 0.25) is 0 Å². The van der Waals surface area contributed by atoms with Crippen molar-refractivity contribution in [2.24, 2.45) is 5.73 Å². The maximum atomic E-state index is 13.2. The second-order valence-corrected chi connectivity index (χ2v) is 6.52. The number of carbonyl (C=O) groups is 2. The highest BCUT2D eigenvalue weighted by Crippen LogP contribution is 2.39. The van der Waals surface area contributed by atoms with E-state index in [1.807, 2.05) is 63.2 Å². The Balaban J connectivity index is 2.10. The number of benzene rings is 2. The van der Waals surface area contributed by atoms with Crippen LogP contribution in [-0.2, 0) is 4.79 Å². The van der Waals surface area contributed by atoms with E-state index in [-0.39, 0.29) is 23.8 Å². The molecule has 2 amide bonds. The third kappa shape index (κ3) is 2.58. The second-order valence-electron chi connectivity index (χ2n) is 6.52. The Hall–Kier alpha value is -2.62. The van der Waals surface area contributed by atoms with Gasteiger partial charge in [0.15, 0.2) is 0 Å². The Bertz CT molecular complexity index is 813. The van der Waals surface area contributed by atoms with Crippen LogP contribution in [0.1, 0.15) is 46.3 Å². The molecule has 0 aromatic heterocycles. The van der Waals surface area contributed by atoms with Gasteiger partial charge in [-0.1, -0.05) is 30.3 Å². The zero-order valence-electron chi connectivity index (χ0n) is 14.2. The van der Waals surface area contributed by atoms with Crippen LogP contribution >= 0.6 is 0 Å². The molecule has 0 aliphatic carbocycles. The number of carbonyl (C=O) groups excluding carboxylic acids is 2. The molecule has 0 unspecified atom stereocenters. The number of amides is 2. The first-order valence-electron chi connectivity index (χ1n) is 8.19. The molecular formula is C20H22N2O2. The largest absolute Gasteiger partial charge is 0.369 e. The second kappa shape index (κ2) is 6.11. The molecule has 0 spiro atoms. The summed E-state index contributed by atoms with van der Waals surface area (Å²) in [4.78, 5) is 26.9. The minimum atomic E-state index is -0.348. The van der Waals surface area contributed by atoms with Gasteiger partial charge in [-0.05, 0) is 56.0 Å². The molecule has 2 aromatic carbocycles. The molecule has 0 fully saturated rings. The number of aryl methyl sites for hydroxylation is 1. The van der Waals surface area contributed by atoms with Crippen molar-refractivity contribution in [3.05, 3.63) is 64.7 Å². The van der Waals surface area contributed by atoms with E-state index in [1.54, 1.807) is 4.90 Å². The lowest BCUT2D eigenvalue weighted by molar-refractivity contribution is -0.119. The highest BCUT2D eigenvalue weighted by molar-refractivity contribution is 6.09. The topological polar surface area (TPSA) is 63.4 Å². The first-order chi connectivity index (χ1) is 11.4. The van der Waals surface area contributed by atoms with Crippen LogP contribution in [-0.4, -0.2) is 17.9 Å². The van der Waals surface area contributed by atoms with Crippen LogP contribution in [0.15, 0.2) is 42.5 Å². The fourth-order valence-electron chi connectivity index (χ4n) is 3.50. The lowest BCUT2D eigenvalue weighted by atomic mass is 9.85. The summed E-state index contributed by atoms with van der Waals surface area (Å²) in [7, 11) is 0. The summed E-state index contributed by atoms with van der Waals surface area (Å²) in [5.74, 6) is -0.717. The molecule has 4 nitrogen and oxygen atoms in total. The van der Waals surface area contributed by atoms with Crippen LogP contribution in [0.4, 0.5) is 5.69 Å². The van der Waals surface area contributed by atoms with E-state index in [9.17, 15) is 9.59 Å². The van der Waals surface area contributed by atoms with Gasteiger partial charge in [0.05, 0.1) is 5.92 Å². The number of nitrogens with two attached hydrogens (primary N) is 1. The maximum absolute atomic E-state index is 13.2. The fraction of sp³-hybridized carbons (Fsp3) is 0.300. The lowest BCUT2D eigenvalue weighted by Crippen LogP contribution is -2.45. The average Bonchev–Trinajstić information content (AvgIpc) is 2.56. The predicted molar refractivity (Wildman–Crippen MR) is 95.2 cm³/mol. The first-order valence-corrected chi connectivity index (χ1v) is 8.19. The molecule has 0 saturated heterocycles. The van der Waals surface area contributed by atoms with Gasteiger partial charge >= 0.3 is 0 Å². The van der Waals surface area contributed by atoms with Gasteiger partial charge in [-0.2, -0.15) is 0 Å². The number of hydrogen-bond acceptors (Lipinski definition) is 2. The van der Waals surface area contributed by atoms with Crippen LogP contribution in [0.5, 0.6) is 0 Å². The molecular weight excluding hydrogens is 300 g/mol. The molecule has 2 aromatic rings. The normalized spacial score (nSPS) is 19.7. The first kappa shape index (κ1) is 16.2. The SMILES string of the molecule is Cc1cccc(C(=O)N2c3ccccc3[C@H](C(N)=O)C[C@@H]2C)c1C. The van der Waals surface area contributed by atoms with Gasteiger partial charge in [-0.25, -0.2) is 0 Å². The van der Waals surface area contributed by atoms with Crippen molar-refractivity contribution in [3.8, 4) is 0 Å². The summed E-state index contributed by atoms with van der Waals surface area (Å²) < 4.78 is 0. The molecule has 3 rings (SSSR count). The Morgan fingerprint density at radius 3 is 2.50 bits per heavy atom. The van der Waals surface area contributed by atoms with Crippen molar-refractivity contribution in [2.75, 3.05) is 4.90 Å². The zero-order valence-corrected chi connectivity index (χ0v) is 14.2. The van der Waals surface area contributed by atoms with Gasteiger partial charge < -0.3 is 10.6 Å². The summed E-state index contributed by atoms with van der Waals surface area (Å²) in [6.07, 6.45) is 0.545. The number of anilines is 1. The van der Waals surface area contributed by atoms with E-state index in [4.69, 9.17) is 5.73 Å². The van der Waals surface area contributed by atoms with E-state index in [0.29, 0.717) is 12.0 Å². The smallest absolute Gasteiger partial charge is 0.258 e. The van der Waals surface area contributed by atoms with Crippen molar-refractivity contribution in [3.63, 3.8) is 0 Å². The van der Waals surface area contributed by atoms with Crippen LogP contribution in [0.25, 0.3) is 0 Å². The van der Waals surface area contributed by atoms with Crippen molar-refractivity contribution in [1.29, 1.82) is 0 Å². The zero-order chi connectivity index (χ0) is 17.4. The van der Waals surface area contributed by atoms with Gasteiger partial charge in [0, 0.05) is 17.3 Å². The highest BCUT2D eigenvalue weighted by Gasteiger charge is 2.36. The van der Waals surface area contributed by atoms with E-state index < -0.39 is 0 Å². The summed E-state index contributed by atoms with van der Waals surface area (Å²) in [5.41, 5.74) is 9.98. The Kier molecular flexibility index (Phi) is 4.14. The minimum Gasteiger partial charge on any atom is -0.369 e. The molecule has 2 N–H and O–H groups in total. The van der Waals surface area contributed by atoms with Crippen LogP contribution in [0.3, 0.4) is 0 Å². The van der Waals surface area contributed by atoms with Gasteiger partial charge in [-0.15, -0.1) is 0 Å². The van der Waals surface area contributed by atoms with Crippen molar-refractivity contribution >= 4 is 17.5 Å². The molecule has 24 heavy (non-hydrogen) atoms. The van der Waals surface area contributed by atoms with Crippen molar-refractivity contribution < 1.29 is 9.59 Å². The summed E-state index contributed by atoms with van der Waals surface area (Å²) >= 11 is 0. The van der Waals surface area contributed by atoms with Crippen molar-refractivity contribution in [2.45, 2.75) is 39.2 Å². The summed E-state index contributed by atoms with van der Waals surface area (Å²) in [6, 6.07) is 13.2. The number of para-hydroxylation sites is 1. The predicted octanol–water partition coefficient (Wildman–Crippen LogP) is 3.31. The van der Waals surface area contributed by atoms with Gasteiger partial charge in [0.2, 0.25) is 5.91 Å². The number of fused-ring (bicyclic) bond motifs is 1. The number of nitrogens with zero attached hydrogens (tertiary/aromatic N) is 1. The lowest BCUT2D eigenvalue weighted by Gasteiger charge is -2.38. The minimum absolute atomic E-state index is 0.0286. The maximum Gasteiger partial charge on any atom is 0.258 e. The van der Waals surface area contributed by atoms with Gasteiger partial charge in [0.25, 0.3) is 5.91 Å². The quantitative estimate of drug-likeness (QED) is 0.922. The van der Waals surface area contributed by atoms with E-state index in [2.05, 4.69) is 0 Å². The highest BCUT2D eigenvalue weighted by atomic mass is 16.2. The number of hydrogen-bond donors (Lipinski definition) is 1. The molecule has 4 heteroatoms. The Labute approximate surface area is 142 Å². The van der Waals surface area contributed by atoms with Gasteiger partial charge in [0.1, 0.15) is 0 Å². The Morgan fingerprint density at radius 2 is 1.79 bits per heavy atom. The molecule has 1 aliphatic rings. The summed E-state index contributed by atoms with van der Waals surface area (Å²) in [5, 5.41) is 0. The summed E-state index contributed by atoms with van der Waals surface area (Å²) in [6.45, 7) is 5.94. The van der Waals surface area contributed by atoms with E-state index in [1.165, 1.54) is 0 Å². The van der Waals surface area contributed by atoms with E-state index >= 15 is 0 Å². The number of primary amides is 1. The number of rotatable bonds is 2. The molecule has 0 radical (unpaired) electrons. The molecule has 124 valence electrons. The van der Waals surface area contributed by atoms with Crippen molar-refractivity contribution in [1.82, 2.24) is 0 Å². The van der Waals surface area contributed by atoms with E-state index in [0.717, 1.165) is 22.4 Å². The average molecular weight is 322 g/mol. The third-order valence-corrected chi connectivity index (χ3v) is 4.99. The monoisotopic (exact) mass is 322 g/mol.